The standard InChI is InChI=1S/C22H25N3O3S/c1-14-6-5-8-17(15(14)2)24-10-12-25(13-11-24)22(28)20(27)19(26)21-23-16-7-3-4-9-18(16)29-21/h3-9,19-20,26-27H,10-13H2,1-2H3. The highest BCUT2D eigenvalue weighted by atomic mass is 32.1. The number of aromatic nitrogens is 1. The van der Waals surface area contributed by atoms with Crippen molar-refractivity contribution >= 4 is 33.1 Å². The minimum absolute atomic E-state index is 0.362. The molecule has 3 aromatic rings. The minimum atomic E-state index is -1.51. The number of carbonyl (C=O) groups is 1. The topological polar surface area (TPSA) is 76.9 Å². The summed E-state index contributed by atoms with van der Waals surface area (Å²) in [7, 11) is 0. The molecular weight excluding hydrogens is 386 g/mol. The molecule has 4 rings (SSSR count). The number of hydrogen-bond acceptors (Lipinski definition) is 6. The minimum Gasteiger partial charge on any atom is -0.383 e. The molecule has 1 aliphatic rings. The van der Waals surface area contributed by atoms with Gasteiger partial charge in [-0.2, -0.15) is 0 Å². The molecule has 152 valence electrons. The summed E-state index contributed by atoms with van der Waals surface area (Å²) in [5.41, 5.74) is 4.44. The maximum absolute atomic E-state index is 12.8. The van der Waals surface area contributed by atoms with Gasteiger partial charge < -0.3 is 20.0 Å². The second kappa shape index (κ2) is 8.10. The van der Waals surface area contributed by atoms with E-state index in [4.69, 9.17) is 0 Å². The Labute approximate surface area is 174 Å². The molecule has 6 nitrogen and oxygen atoms in total. The van der Waals surface area contributed by atoms with E-state index in [9.17, 15) is 15.0 Å². The van der Waals surface area contributed by atoms with E-state index in [0.717, 1.165) is 10.2 Å². The highest BCUT2D eigenvalue weighted by Crippen LogP contribution is 2.29. The number of fused-ring (bicyclic) bond motifs is 1. The fraction of sp³-hybridized carbons (Fsp3) is 0.364. The largest absolute Gasteiger partial charge is 0.383 e. The molecule has 2 unspecified atom stereocenters. The van der Waals surface area contributed by atoms with Crippen LogP contribution in [0.25, 0.3) is 10.2 Å². The van der Waals surface area contributed by atoms with Gasteiger partial charge in [0.2, 0.25) is 0 Å². The van der Waals surface area contributed by atoms with Gasteiger partial charge in [-0.15, -0.1) is 11.3 Å². The maximum Gasteiger partial charge on any atom is 0.254 e. The first kappa shape index (κ1) is 19.8. The van der Waals surface area contributed by atoms with Crippen LogP contribution in [0.1, 0.15) is 22.2 Å². The van der Waals surface area contributed by atoms with E-state index in [-0.39, 0.29) is 0 Å². The molecule has 1 saturated heterocycles. The first-order valence-corrected chi connectivity index (χ1v) is 10.6. The van der Waals surface area contributed by atoms with Gasteiger partial charge in [0.05, 0.1) is 10.2 Å². The van der Waals surface area contributed by atoms with Crippen molar-refractivity contribution in [3.8, 4) is 0 Å². The number of benzene rings is 2. The van der Waals surface area contributed by atoms with E-state index >= 15 is 0 Å². The Hall–Kier alpha value is -2.48. The van der Waals surface area contributed by atoms with Gasteiger partial charge in [-0.25, -0.2) is 4.98 Å². The molecule has 1 fully saturated rings. The third-order valence-electron chi connectivity index (χ3n) is 5.62. The number of aryl methyl sites for hydroxylation is 1. The Bertz CT molecular complexity index is 994. The van der Waals surface area contributed by atoms with Crippen molar-refractivity contribution in [2.45, 2.75) is 26.1 Å². The number of aliphatic hydroxyl groups is 2. The van der Waals surface area contributed by atoms with E-state index in [1.54, 1.807) is 4.90 Å². The second-order valence-corrected chi connectivity index (χ2v) is 8.50. The van der Waals surface area contributed by atoms with Gasteiger partial charge >= 0.3 is 0 Å². The molecule has 1 aromatic heterocycles. The fourth-order valence-electron chi connectivity index (χ4n) is 3.72. The van der Waals surface area contributed by atoms with Gasteiger partial charge in [0.25, 0.3) is 5.91 Å². The van der Waals surface area contributed by atoms with Gasteiger partial charge in [0, 0.05) is 31.9 Å². The molecule has 0 bridgehead atoms. The Morgan fingerprint density at radius 1 is 1.03 bits per heavy atom. The van der Waals surface area contributed by atoms with E-state index in [0.29, 0.717) is 31.2 Å². The third kappa shape index (κ3) is 3.85. The maximum atomic E-state index is 12.8. The monoisotopic (exact) mass is 411 g/mol. The molecule has 0 spiro atoms. The van der Waals surface area contributed by atoms with Crippen LogP contribution in [-0.2, 0) is 4.79 Å². The van der Waals surface area contributed by atoms with Crippen molar-refractivity contribution < 1.29 is 15.0 Å². The van der Waals surface area contributed by atoms with Crippen LogP contribution in [0.3, 0.4) is 0 Å². The summed E-state index contributed by atoms with van der Waals surface area (Å²) in [5, 5.41) is 21.4. The van der Waals surface area contributed by atoms with Crippen molar-refractivity contribution in [3.63, 3.8) is 0 Å². The van der Waals surface area contributed by atoms with Gasteiger partial charge in [-0.3, -0.25) is 4.79 Å². The summed E-state index contributed by atoms with van der Waals surface area (Å²) >= 11 is 1.30. The average molecular weight is 412 g/mol. The fourth-order valence-corrected chi connectivity index (χ4v) is 4.70. The van der Waals surface area contributed by atoms with Crippen molar-refractivity contribution in [3.05, 3.63) is 58.6 Å². The van der Waals surface area contributed by atoms with Crippen molar-refractivity contribution in [1.29, 1.82) is 0 Å². The number of amides is 1. The number of hydrogen-bond donors (Lipinski definition) is 2. The number of thiazole rings is 1. The summed E-state index contributed by atoms with van der Waals surface area (Å²) in [6, 6.07) is 13.8. The van der Waals surface area contributed by atoms with E-state index < -0.39 is 18.1 Å². The molecule has 2 aromatic carbocycles. The molecule has 7 heteroatoms. The predicted molar refractivity (Wildman–Crippen MR) is 115 cm³/mol. The molecule has 29 heavy (non-hydrogen) atoms. The van der Waals surface area contributed by atoms with Gasteiger partial charge in [-0.05, 0) is 43.2 Å². The van der Waals surface area contributed by atoms with E-state index in [2.05, 4.69) is 35.9 Å². The molecule has 0 radical (unpaired) electrons. The summed E-state index contributed by atoms with van der Waals surface area (Å²) in [4.78, 5) is 21.0. The lowest BCUT2D eigenvalue weighted by atomic mass is 10.1. The highest BCUT2D eigenvalue weighted by molar-refractivity contribution is 7.18. The van der Waals surface area contributed by atoms with Gasteiger partial charge in [0.1, 0.15) is 11.1 Å². The quantitative estimate of drug-likeness (QED) is 0.690. The molecule has 1 amide bonds. The van der Waals surface area contributed by atoms with Crippen molar-refractivity contribution in [2.24, 2.45) is 0 Å². The number of nitrogens with zero attached hydrogens (tertiary/aromatic N) is 3. The SMILES string of the molecule is Cc1cccc(N2CCN(C(=O)C(O)C(O)c3nc4ccccc4s3)CC2)c1C. The van der Waals surface area contributed by atoms with Crippen molar-refractivity contribution in [1.82, 2.24) is 9.88 Å². The summed E-state index contributed by atoms with van der Waals surface area (Å²) in [6.45, 7) is 6.62. The normalized spacial score (nSPS) is 16.8. The average Bonchev–Trinajstić information content (AvgIpc) is 3.18. The van der Waals surface area contributed by atoms with Crippen LogP contribution in [-0.4, -0.2) is 58.3 Å². The Kier molecular flexibility index (Phi) is 5.54. The van der Waals surface area contributed by atoms with E-state index in [1.165, 1.54) is 28.2 Å². The van der Waals surface area contributed by atoms with Crippen LogP contribution >= 0.6 is 11.3 Å². The number of anilines is 1. The Morgan fingerprint density at radius 2 is 1.76 bits per heavy atom. The molecule has 2 N–H and O–H groups in total. The van der Waals surface area contributed by atoms with Crippen LogP contribution in [0.2, 0.25) is 0 Å². The Balaban J connectivity index is 1.41. The summed E-state index contributed by atoms with van der Waals surface area (Å²) in [6.07, 6.45) is -2.83. The zero-order chi connectivity index (χ0) is 20.5. The zero-order valence-electron chi connectivity index (χ0n) is 16.6. The zero-order valence-corrected chi connectivity index (χ0v) is 17.4. The van der Waals surface area contributed by atoms with Gasteiger partial charge in [0.15, 0.2) is 6.10 Å². The second-order valence-electron chi connectivity index (χ2n) is 7.44. The van der Waals surface area contributed by atoms with Crippen LogP contribution in [0.15, 0.2) is 42.5 Å². The molecule has 2 heterocycles. The Morgan fingerprint density at radius 3 is 2.48 bits per heavy atom. The predicted octanol–water partition coefficient (Wildman–Crippen LogP) is 2.66. The van der Waals surface area contributed by atoms with Crippen LogP contribution in [0.4, 0.5) is 5.69 Å². The van der Waals surface area contributed by atoms with Gasteiger partial charge in [-0.1, -0.05) is 24.3 Å². The molecule has 1 aliphatic heterocycles. The lowest BCUT2D eigenvalue weighted by Crippen LogP contribution is -2.52. The van der Waals surface area contributed by atoms with Crippen LogP contribution in [0, 0.1) is 13.8 Å². The number of piperazine rings is 1. The van der Waals surface area contributed by atoms with Crippen LogP contribution < -0.4 is 4.90 Å². The molecule has 0 aliphatic carbocycles. The molecular formula is C22H25N3O3S. The summed E-state index contributed by atoms with van der Waals surface area (Å²) in [5.74, 6) is -0.447. The first-order valence-electron chi connectivity index (χ1n) is 9.77. The highest BCUT2D eigenvalue weighted by Gasteiger charge is 2.33. The molecule has 0 saturated carbocycles. The number of rotatable bonds is 4. The van der Waals surface area contributed by atoms with Crippen molar-refractivity contribution in [2.75, 3.05) is 31.1 Å². The smallest absolute Gasteiger partial charge is 0.254 e. The first-order chi connectivity index (χ1) is 14.0. The number of carbonyl (C=O) groups excluding carboxylic acids is 1. The summed E-state index contributed by atoms with van der Waals surface area (Å²) < 4.78 is 0.920. The third-order valence-corrected chi connectivity index (χ3v) is 6.73. The number of aliphatic hydroxyl groups excluding tert-OH is 2. The lowest BCUT2D eigenvalue weighted by Gasteiger charge is -2.38. The molecule has 2 atom stereocenters. The van der Waals surface area contributed by atoms with Crippen LogP contribution in [0.5, 0.6) is 0 Å². The lowest BCUT2D eigenvalue weighted by molar-refractivity contribution is -0.146. The number of para-hydroxylation sites is 1. The van der Waals surface area contributed by atoms with E-state index in [1.807, 2.05) is 30.3 Å².